The minimum absolute atomic E-state index is 0.352. The normalized spacial score (nSPS) is 22.9. The quantitative estimate of drug-likeness (QED) is 0.571. The minimum atomic E-state index is 0.352. The zero-order chi connectivity index (χ0) is 6.69. The molecule has 1 unspecified atom stereocenters. The Morgan fingerprint density at radius 2 is 2.33 bits per heavy atom. The third kappa shape index (κ3) is 2.19. The number of rotatable bonds is 3. The molecule has 0 radical (unpaired) electrons. The van der Waals surface area contributed by atoms with Crippen LogP contribution in [0.5, 0.6) is 0 Å². The van der Waals surface area contributed by atoms with Crippen molar-refractivity contribution < 1.29 is 0 Å². The molecule has 0 aromatic heterocycles. The third-order valence-corrected chi connectivity index (χ3v) is 1.76. The molecule has 0 aromatic carbocycles. The Bertz CT molecular complexity index is 103. The van der Waals surface area contributed by atoms with Crippen LogP contribution in [0.1, 0.15) is 26.2 Å². The van der Waals surface area contributed by atoms with E-state index in [4.69, 9.17) is 5.73 Å². The molecule has 1 aliphatic rings. The van der Waals surface area contributed by atoms with Crippen molar-refractivity contribution in [1.82, 2.24) is 0 Å². The molecule has 0 bridgehead atoms. The van der Waals surface area contributed by atoms with Crippen molar-refractivity contribution in [3.05, 3.63) is 12.2 Å². The molecule has 0 amide bonds. The Labute approximate surface area is 56.9 Å². The van der Waals surface area contributed by atoms with Crippen molar-refractivity contribution in [3.8, 4) is 0 Å². The summed E-state index contributed by atoms with van der Waals surface area (Å²) in [7, 11) is 0. The Hall–Kier alpha value is -0.300. The summed E-state index contributed by atoms with van der Waals surface area (Å²) >= 11 is 0. The van der Waals surface area contributed by atoms with Crippen LogP contribution in [0.3, 0.4) is 0 Å². The highest BCUT2D eigenvalue weighted by Gasteiger charge is 2.26. The molecular formula is C8H15N. The van der Waals surface area contributed by atoms with E-state index in [-0.39, 0.29) is 0 Å². The van der Waals surface area contributed by atoms with Crippen LogP contribution >= 0.6 is 0 Å². The van der Waals surface area contributed by atoms with E-state index >= 15 is 0 Å². The van der Waals surface area contributed by atoms with Crippen molar-refractivity contribution in [2.24, 2.45) is 11.7 Å². The van der Waals surface area contributed by atoms with E-state index in [0.717, 1.165) is 12.3 Å². The van der Waals surface area contributed by atoms with E-state index in [2.05, 4.69) is 19.1 Å². The van der Waals surface area contributed by atoms with Gasteiger partial charge in [-0.3, -0.25) is 0 Å². The topological polar surface area (TPSA) is 26.0 Å². The first-order valence-electron chi connectivity index (χ1n) is 3.77. The predicted molar refractivity (Wildman–Crippen MR) is 40.1 cm³/mol. The zero-order valence-electron chi connectivity index (χ0n) is 6.01. The van der Waals surface area contributed by atoms with Gasteiger partial charge in [-0.05, 0) is 25.2 Å². The van der Waals surface area contributed by atoms with Crippen LogP contribution in [-0.2, 0) is 0 Å². The molecular weight excluding hydrogens is 110 g/mol. The Balaban J connectivity index is 2.16. The average Bonchev–Trinajstić information content (AvgIpc) is 2.63. The highest BCUT2D eigenvalue weighted by atomic mass is 14.7. The third-order valence-electron chi connectivity index (χ3n) is 1.76. The van der Waals surface area contributed by atoms with Crippen molar-refractivity contribution in [2.45, 2.75) is 32.2 Å². The van der Waals surface area contributed by atoms with Gasteiger partial charge in [-0.25, -0.2) is 0 Å². The minimum Gasteiger partial charge on any atom is -0.324 e. The van der Waals surface area contributed by atoms with Gasteiger partial charge in [-0.15, -0.1) is 0 Å². The van der Waals surface area contributed by atoms with Gasteiger partial charge in [0, 0.05) is 6.04 Å². The largest absolute Gasteiger partial charge is 0.324 e. The second-order valence-corrected chi connectivity index (χ2v) is 2.75. The van der Waals surface area contributed by atoms with Gasteiger partial charge in [0.2, 0.25) is 0 Å². The van der Waals surface area contributed by atoms with Crippen LogP contribution in [-0.4, -0.2) is 6.04 Å². The van der Waals surface area contributed by atoms with Gasteiger partial charge in [-0.2, -0.15) is 0 Å². The Morgan fingerprint density at radius 3 is 2.78 bits per heavy atom. The molecule has 2 N–H and O–H groups in total. The van der Waals surface area contributed by atoms with Crippen molar-refractivity contribution in [1.29, 1.82) is 0 Å². The van der Waals surface area contributed by atoms with E-state index < -0.39 is 0 Å². The molecule has 1 aliphatic carbocycles. The summed E-state index contributed by atoms with van der Waals surface area (Å²) in [6, 6.07) is 0.352. The fraction of sp³-hybridized carbons (Fsp3) is 0.750. The maximum atomic E-state index is 5.78. The monoisotopic (exact) mass is 125 g/mol. The number of hydrogen-bond acceptors (Lipinski definition) is 1. The van der Waals surface area contributed by atoms with E-state index in [1.54, 1.807) is 0 Å². The molecule has 0 aliphatic heterocycles. The average molecular weight is 125 g/mol. The molecule has 0 aromatic rings. The van der Waals surface area contributed by atoms with Crippen molar-refractivity contribution in [3.63, 3.8) is 0 Å². The predicted octanol–water partition coefficient (Wildman–Crippen LogP) is 1.69. The van der Waals surface area contributed by atoms with Gasteiger partial charge in [0.05, 0.1) is 0 Å². The number of nitrogens with two attached hydrogens (primary N) is 1. The van der Waals surface area contributed by atoms with Gasteiger partial charge in [-0.1, -0.05) is 19.1 Å². The first-order valence-corrected chi connectivity index (χ1v) is 3.77. The van der Waals surface area contributed by atoms with E-state index in [9.17, 15) is 0 Å². The van der Waals surface area contributed by atoms with Gasteiger partial charge >= 0.3 is 0 Å². The van der Waals surface area contributed by atoms with Gasteiger partial charge in [0.1, 0.15) is 0 Å². The first kappa shape index (κ1) is 6.81. The van der Waals surface area contributed by atoms with E-state index in [0.29, 0.717) is 6.04 Å². The lowest BCUT2D eigenvalue weighted by Gasteiger charge is -2.00. The van der Waals surface area contributed by atoms with Crippen LogP contribution in [0.25, 0.3) is 0 Å². The van der Waals surface area contributed by atoms with Crippen molar-refractivity contribution >= 4 is 0 Å². The number of allylic oxidation sites excluding steroid dienone is 1. The number of hydrogen-bond donors (Lipinski definition) is 1. The molecule has 1 fully saturated rings. The molecule has 9 heavy (non-hydrogen) atoms. The first-order chi connectivity index (χ1) is 4.34. The lowest BCUT2D eigenvalue weighted by molar-refractivity contribution is 0.708. The maximum Gasteiger partial charge on any atom is 0.0252 e. The second kappa shape index (κ2) is 3.02. The highest BCUT2D eigenvalue weighted by molar-refractivity contribution is 4.98. The summed E-state index contributed by atoms with van der Waals surface area (Å²) in [5.74, 6) is 0.813. The molecule has 0 heterocycles. The van der Waals surface area contributed by atoms with Gasteiger partial charge in [0.15, 0.2) is 0 Å². The highest BCUT2D eigenvalue weighted by Crippen LogP contribution is 2.31. The SMILES string of the molecule is CCC=CC(N)C1CC1. The van der Waals surface area contributed by atoms with Gasteiger partial charge in [0.25, 0.3) is 0 Å². The Morgan fingerprint density at radius 1 is 1.67 bits per heavy atom. The van der Waals surface area contributed by atoms with Crippen LogP contribution in [0.2, 0.25) is 0 Å². The summed E-state index contributed by atoms with van der Waals surface area (Å²) < 4.78 is 0. The standard InChI is InChI=1S/C8H15N/c1-2-3-4-8(9)7-5-6-7/h3-4,7-8H,2,5-6,9H2,1H3. The molecule has 0 spiro atoms. The summed E-state index contributed by atoms with van der Waals surface area (Å²) in [6.45, 7) is 2.14. The second-order valence-electron chi connectivity index (χ2n) is 2.75. The smallest absolute Gasteiger partial charge is 0.0252 e. The summed E-state index contributed by atoms with van der Waals surface area (Å²) in [5.41, 5.74) is 5.78. The van der Waals surface area contributed by atoms with E-state index in [1.807, 2.05) is 0 Å². The summed E-state index contributed by atoms with van der Waals surface area (Å²) in [4.78, 5) is 0. The lowest BCUT2D eigenvalue weighted by Crippen LogP contribution is -2.18. The zero-order valence-corrected chi connectivity index (χ0v) is 6.01. The molecule has 1 rings (SSSR count). The fourth-order valence-corrected chi connectivity index (χ4v) is 0.931. The van der Waals surface area contributed by atoms with Crippen LogP contribution in [0.4, 0.5) is 0 Å². The molecule has 1 heteroatoms. The van der Waals surface area contributed by atoms with Crippen LogP contribution in [0, 0.1) is 5.92 Å². The Kier molecular flexibility index (Phi) is 2.29. The van der Waals surface area contributed by atoms with Crippen LogP contribution < -0.4 is 5.73 Å². The molecule has 52 valence electrons. The lowest BCUT2D eigenvalue weighted by atomic mass is 10.2. The molecule has 0 saturated heterocycles. The molecule has 1 nitrogen and oxygen atoms in total. The van der Waals surface area contributed by atoms with E-state index in [1.165, 1.54) is 12.8 Å². The fourth-order valence-electron chi connectivity index (χ4n) is 0.931. The summed E-state index contributed by atoms with van der Waals surface area (Å²) in [5, 5.41) is 0. The molecule has 1 saturated carbocycles. The summed E-state index contributed by atoms with van der Waals surface area (Å²) in [6.07, 6.45) is 8.09. The van der Waals surface area contributed by atoms with Gasteiger partial charge < -0.3 is 5.73 Å². The van der Waals surface area contributed by atoms with Crippen molar-refractivity contribution in [2.75, 3.05) is 0 Å². The molecule has 1 atom stereocenters. The van der Waals surface area contributed by atoms with Crippen LogP contribution in [0.15, 0.2) is 12.2 Å². The maximum absolute atomic E-state index is 5.78.